The first kappa shape index (κ1) is 12.2. The Morgan fingerprint density at radius 1 is 1.40 bits per heavy atom. The molecule has 0 unspecified atom stereocenters. The second-order valence-corrected chi connectivity index (χ2v) is 3.79. The van der Waals surface area contributed by atoms with Crippen LogP contribution in [-0.4, -0.2) is 11.6 Å². The van der Waals surface area contributed by atoms with Crippen molar-refractivity contribution in [3.05, 3.63) is 23.1 Å². The summed E-state index contributed by atoms with van der Waals surface area (Å²) in [4.78, 5) is 3.77. The van der Waals surface area contributed by atoms with Crippen LogP contribution < -0.4 is 4.74 Å². The molecule has 4 heteroatoms. The molecule has 1 aromatic heterocycles. The molecule has 1 heterocycles. The summed E-state index contributed by atoms with van der Waals surface area (Å²) in [6.07, 6.45) is 5.77. The van der Waals surface area contributed by atoms with Crippen molar-refractivity contribution in [1.82, 2.24) is 4.98 Å². The first-order valence-electron chi connectivity index (χ1n) is 5.18. The summed E-state index contributed by atoms with van der Waals surface area (Å²) >= 11 is 5.56. The van der Waals surface area contributed by atoms with E-state index < -0.39 is 5.82 Å². The number of rotatable bonds is 6. The standard InChI is InChI=1S/C11H15ClFNO/c1-2-3-4-5-6-15-11-10(13)7-9(12)8-14-11/h7-8H,2-6H2,1H3. The first-order valence-corrected chi connectivity index (χ1v) is 5.55. The van der Waals surface area contributed by atoms with Gasteiger partial charge in [-0.1, -0.05) is 37.8 Å². The number of ether oxygens (including phenoxy) is 1. The van der Waals surface area contributed by atoms with Crippen molar-refractivity contribution in [2.75, 3.05) is 6.61 Å². The Hall–Kier alpha value is -0.830. The van der Waals surface area contributed by atoms with E-state index in [1.807, 2.05) is 0 Å². The summed E-state index contributed by atoms with van der Waals surface area (Å²) in [6.45, 7) is 2.65. The van der Waals surface area contributed by atoms with Gasteiger partial charge in [0, 0.05) is 6.20 Å². The lowest BCUT2D eigenvalue weighted by atomic mass is 10.2. The molecule has 0 amide bonds. The fourth-order valence-corrected chi connectivity index (χ4v) is 1.35. The van der Waals surface area contributed by atoms with Crippen LogP contribution in [0.5, 0.6) is 5.88 Å². The molecule has 0 aliphatic carbocycles. The SMILES string of the molecule is CCCCCCOc1ncc(Cl)cc1F. The lowest BCUT2D eigenvalue weighted by Gasteiger charge is -2.05. The Bertz CT molecular complexity index is 307. The van der Waals surface area contributed by atoms with E-state index in [0.717, 1.165) is 12.8 Å². The maximum absolute atomic E-state index is 13.2. The lowest BCUT2D eigenvalue weighted by molar-refractivity contribution is 0.278. The van der Waals surface area contributed by atoms with Crippen molar-refractivity contribution >= 4 is 11.6 Å². The van der Waals surface area contributed by atoms with E-state index in [-0.39, 0.29) is 10.9 Å². The Labute approximate surface area is 94.4 Å². The van der Waals surface area contributed by atoms with Gasteiger partial charge in [0.15, 0.2) is 5.82 Å². The van der Waals surface area contributed by atoms with Gasteiger partial charge in [0.05, 0.1) is 11.6 Å². The molecule has 1 rings (SSSR count). The summed E-state index contributed by atoms with van der Waals surface area (Å²) in [6, 6.07) is 1.20. The molecule has 0 saturated carbocycles. The molecule has 0 radical (unpaired) electrons. The largest absolute Gasteiger partial charge is 0.476 e. The second kappa shape index (κ2) is 6.62. The highest BCUT2D eigenvalue weighted by molar-refractivity contribution is 6.30. The van der Waals surface area contributed by atoms with Crippen molar-refractivity contribution in [1.29, 1.82) is 0 Å². The fourth-order valence-electron chi connectivity index (χ4n) is 1.21. The zero-order chi connectivity index (χ0) is 11.1. The minimum Gasteiger partial charge on any atom is -0.476 e. The Balaban J connectivity index is 2.31. The maximum Gasteiger partial charge on any atom is 0.250 e. The molecule has 0 aliphatic rings. The number of aromatic nitrogens is 1. The smallest absolute Gasteiger partial charge is 0.250 e. The summed E-state index contributed by atoms with van der Waals surface area (Å²) in [5, 5.41) is 0.283. The number of unbranched alkanes of at least 4 members (excludes halogenated alkanes) is 3. The average Bonchev–Trinajstić information content (AvgIpc) is 2.20. The number of hydrogen-bond acceptors (Lipinski definition) is 2. The first-order chi connectivity index (χ1) is 7.24. The van der Waals surface area contributed by atoms with Gasteiger partial charge in [-0.3, -0.25) is 0 Å². The van der Waals surface area contributed by atoms with Crippen molar-refractivity contribution in [3.63, 3.8) is 0 Å². The van der Waals surface area contributed by atoms with Crippen LogP contribution >= 0.6 is 11.6 Å². The van der Waals surface area contributed by atoms with Gasteiger partial charge in [-0.15, -0.1) is 0 Å². The van der Waals surface area contributed by atoms with Crippen molar-refractivity contribution < 1.29 is 9.13 Å². The van der Waals surface area contributed by atoms with Crippen LogP contribution in [0.15, 0.2) is 12.3 Å². The van der Waals surface area contributed by atoms with Crippen LogP contribution in [-0.2, 0) is 0 Å². The van der Waals surface area contributed by atoms with Gasteiger partial charge in [-0.25, -0.2) is 9.37 Å². The van der Waals surface area contributed by atoms with Gasteiger partial charge in [0.25, 0.3) is 0 Å². The molecule has 1 aromatic rings. The quantitative estimate of drug-likeness (QED) is 0.694. The van der Waals surface area contributed by atoms with E-state index in [1.165, 1.54) is 25.1 Å². The molecule has 0 bridgehead atoms. The van der Waals surface area contributed by atoms with E-state index in [4.69, 9.17) is 16.3 Å². The zero-order valence-electron chi connectivity index (χ0n) is 8.80. The third-order valence-electron chi connectivity index (χ3n) is 2.01. The summed E-state index contributed by atoms with van der Waals surface area (Å²) < 4.78 is 18.3. The molecular formula is C11H15ClFNO. The average molecular weight is 232 g/mol. The molecule has 84 valence electrons. The molecule has 0 aliphatic heterocycles. The van der Waals surface area contributed by atoms with E-state index in [9.17, 15) is 4.39 Å². The van der Waals surface area contributed by atoms with Crippen molar-refractivity contribution in [3.8, 4) is 5.88 Å². The van der Waals surface area contributed by atoms with Crippen molar-refractivity contribution in [2.45, 2.75) is 32.6 Å². The predicted molar refractivity (Wildman–Crippen MR) is 58.8 cm³/mol. The highest BCUT2D eigenvalue weighted by Crippen LogP contribution is 2.17. The Kier molecular flexibility index (Phi) is 5.40. The summed E-state index contributed by atoms with van der Waals surface area (Å²) in [5.74, 6) is -0.464. The third-order valence-corrected chi connectivity index (χ3v) is 2.22. The molecule has 2 nitrogen and oxygen atoms in total. The molecule has 0 atom stereocenters. The van der Waals surface area contributed by atoms with E-state index in [0.29, 0.717) is 6.61 Å². The molecule has 0 aromatic carbocycles. The molecule has 0 saturated heterocycles. The van der Waals surface area contributed by atoms with E-state index in [1.54, 1.807) is 0 Å². The van der Waals surface area contributed by atoms with Crippen LogP contribution in [0.2, 0.25) is 5.02 Å². The number of pyridine rings is 1. The lowest BCUT2D eigenvalue weighted by Crippen LogP contribution is -2.01. The summed E-state index contributed by atoms with van der Waals surface area (Å²) in [7, 11) is 0. The molecular weight excluding hydrogens is 217 g/mol. The van der Waals surface area contributed by atoms with Gasteiger partial charge in [-0.05, 0) is 12.5 Å². The maximum atomic E-state index is 13.2. The third kappa shape index (κ3) is 4.47. The fraction of sp³-hybridized carbons (Fsp3) is 0.545. The molecule has 0 fully saturated rings. The minimum atomic E-state index is -0.502. The minimum absolute atomic E-state index is 0.0379. The number of halogens is 2. The normalized spacial score (nSPS) is 10.3. The molecule has 0 N–H and O–H groups in total. The van der Waals surface area contributed by atoms with Crippen LogP contribution in [0.4, 0.5) is 4.39 Å². The Morgan fingerprint density at radius 3 is 2.87 bits per heavy atom. The van der Waals surface area contributed by atoms with Gasteiger partial charge >= 0.3 is 0 Å². The number of nitrogens with zero attached hydrogens (tertiary/aromatic N) is 1. The molecule has 15 heavy (non-hydrogen) atoms. The van der Waals surface area contributed by atoms with Gasteiger partial charge < -0.3 is 4.74 Å². The van der Waals surface area contributed by atoms with Gasteiger partial charge in [0.1, 0.15) is 0 Å². The van der Waals surface area contributed by atoms with Crippen LogP contribution in [0.3, 0.4) is 0 Å². The monoisotopic (exact) mass is 231 g/mol. The summed E-state index contributed by atoms with van der Waals surface area (Å²) in [5.41, 5.74) is 0. The highest BCUT2D eigenvalue weighted by atomic mass is 35.5. The van der Waals surface area contributed by atoms with E-state index in [2.05, 4.69) is 11.9 Å². The number of hydrogen-bond donors (Lipinski definition) is 0. The van der Waals surface area contributed by atoms with Gasteiger partial charge in [-0.2, -0.15) is 0 Å². The van der Waals surface area contributed by atoms with Crippen molar-refractivity contribution in [2.24, 2.45) is 0 Å². The van der Waals surface area contributed by atoms with E-state index >= 15 is 0 Å². The second-order valence-electron chi connectivity index (χ2n) is 3.35. The van der Waals surface area contributed by atoms with Crippen LogP contribution in [0.1, 0.15) is 32.6 Å². The van der Waals surface area contributed by atoms with Crippen LogP contribution in [0.25, 0.3) is 0 Å². The Morgan fingerprint density at radius 2 is 2.20 bits per heavy atom. The zero-order valence-corrected chi connectivity index (χ0v) is 9.56. The van der Waals surface area contributed by atoms with Crippen LogP contribution in [0, 0.1) is 5.82 Å². The topological polar surface area (TPSA) is 22.1 Å². The predicted octanol–water partition coefficient (Wildman–Crippen LogP) is 3.83. The molecule has 0 spiro atoms. The van der Waals surface area contributed by atoms with Gasteiger partial charge in [0.2, 0.25) is 5.88 Å². The highest BCUT2D eigenvalue weighted by Gasteiger charge is 2.04.